The second-order valence-corrected chi connectivity index (χ2v) is 6.14. The number of piperazine rings is 1. The molecule has 1 fully saturated rings. The number of hydrogen-bond donors (Lipinski definition) is 2. The molecule has 2 N–H and O–H groups in total. The fraction of sp³-hybridized carbons (Fsp3) is 0.688. The molecule has 8 heteroatoms. The van der Waals surface area contributed by atoms with E-state index < -0.39 is 6.03 Å². The summed E-state index contributed by atoms with van der Waals surface area (Å²) in [5, 5.41) is 9.05. The van der Waals surface area contributed by atoms with E-state index in [1.54, 1.807) is 0 Å². The van der Waals surface area contributed by atoms with E-state index in [0.29, 0.717) is 6.54 Å². The van der Waals surface area contributed by atoms with Crippen LogP contribution in [0.5, 0.6) is 0 Å². The predicted octanol–water partition coefficient (Wildman–Crippen LogP) is 0.727. The van der Waals surface area contributed by atoms with Crippen molar-refractivity contribution < 1.29 is 14.1 Å². The molecule has 8 nitrogen and oxygen atoms in total. The lowest BCUT2D eigenvalue weighted by atomic mass is 10.2. The summed E-state index contributed by atoms with van der Waals surface area (Å²) < 4.78 is 5.07. The number of unbranched alkanes of at least 4 members (excludes halogenated alkanes) is 1. The van der Waals surface area contributed by atoms with Gasteiger partial charge in [-0.15, -0.1) is 0 Å². The van der Waals surface area contributed by atoms with Crippen molar-refractivity contribution in [1.29, 1.82) is 0 Å². The van der Waals surface area contributed by atoms with Crippen molar-refractivity contribution in [2.45, 2.75) is 33.2 Å². The van der Waals surface area contributed by atoms with Gasteiger partial charge in [-0.3, -0.25) is 19.9 Å². The molecular formula is C16H27N5O3. The van der Waals surface area contributed by atoms with Gasteiger partial charge < -0.3 is 9.84 Å². The van der Waals surface area contributed by atoms with Gasteiger partial charge in [0.2, 0.25) is 5.91 Å². The second-order valence-electron chi connectivity index (χ2n) is 6.14. The highest BCUT2D eigenvalue weighted by Gasteiger charge is 2.20. The van der Waals surface area contributed by atoms with Crippen LogP contribution in [0.15, 0.2) is 10.6 Å². The first-order chi connectivity index (χ1) is 11.6. The normalized spacial score (nSPS) is 16.1. The molecule has 0 atom stereocenters. The highest BCUT2D eigenvalue weighted by Crippen LogP contribution is 2.08. The van der Waals surface area contributed by atoms with E-state index >= 15 is 0 Å². The van der Waals surface area contributed by atoms with Crippen LogP contribution in [0.4, 0.5) is 4.79 Å². The Labute approximate surface area is 142 Å². The van der Waals surface area contributed by atoms with Crippen LogP contribution in [-0.2, 0) is 11.3 Å². The summed E-state index contributed by atoms with van der Waals surface area (Å²) in [6, 6.07) is 1.53. The number of imide groups is 1. The van der Waals surface area contributed by atoms with E-state index in [4.69, 9.17) is 4.52 Å². The lowest BCUT2D eigenvalue weighted by molar-refractivity contribution is -0.121. The van der Waals surface area contributed by atoms with Crippen LogP contribution in [-0.4, -0.2) is 66.2 Å². The van der Waals surface area contributed by atoms with Crippen LogP contribution in [0.25, 0.3) is 0 Å². The number of urea groups is 1. The van der Waals surface area contributed by atoms with E-state index in [0.717, 1.165) is 57.0 Å². The van der Waals surface area contributed by atoms with Gasteiger partial charge in [-0.05, 0) is 13.3 Å². The summed E-state index contributed by atoms with van der Waals surface area (Å²) in [5.74, 6) is 0.557. The number of hydrogen-bond acceptors (Lipinski definition) is 6. The Morgan fingerprint density at radius 3 is 2.58 bits per heavy atom. The fourth-order valence-electron chi connectivity index (χ4n) is 2.62. The zero-order chi connectivity index (χ0) is 17.4. The fourth-order valence-corrected chi connectivity index (χ4v) is 2.62. The van der Waals surface area contributed by atoms with Crippen molar-refractivity contribution in [1.82, 2.24) is 25.6 Å². The molecule has 3 amide bonds. The lowest BCUT2D eigenvalue weighted by Gasteiger charge is -2.33. The van der Waals surface area contributed by atoms with Crippen LogP contribution in [0.3, 0.4) is 0 Å². The Bertz CT molecular complexity index is 538. The number of aryl methyl sites for hydroxylation is 1. The molecule has 0 bridgehead atoms. The molecule has 134 valence electrons. The summed E-state index contributed by atoms with van der Waals surface area (Å²) in [5.41, 5.74) is 0.933. The predicted molar refractivity (Wildman–Crippen MR) is 89.4 cm³/mol. The van der Waals surface area contributed by atoms with Crippen LogP contribution in [0.1, 0.15) is 31.2 Å². The summed E-state index contributed by atoms with van der Waals surface area (Å²) >= 11 is 0. The lowest BCUT2D eigenvalue weighted by Crippen LogP contribution is -2.50. The molecule has 1 aliphatic heterocycles. The monoisotopic (exact) mass is 337 g/mol. The minimum Gasteiger partial charge on any atom is -0.361 e. The van der Waals surface area contributed by atoms with Crippen molar-refractivity contribution in [2.24, 2.45) is 0 Å². The van der Waals surface area contributed by atoms with Crippen molar-refractivity contribution in [2.75, 3.05) is 39.3 Å². The Kier molecular flexibility index (Phi) is 7.20. The molecule has 1 aliphatic rings. The van der Waals surface area contributed by atoms with Crippen LogP contribution in [0.2, 0.25) is 0 Å². The highest BCUT2D eigenvalue weighted by atomic mass is 16.5. The molecule has 0 spiro atoms. The van der Waals surface area contributed by atoms with Crippen molar-refractivity contribution in [3.63, 3.8) is 0 Å². The Morgan fingerprint density at radius 1 is 1.25 bits per heavy atom. The van der Waals surface area contributed by atoms with Crippen LogP contribution >= 0.6 is 0 Å². The van der Waals surface area contributed by atoms with Gasteiger partial charge in [-0.25, -0.2) is 4.79 Å². The van der Waals surface area contributed by atoms with Gasteiger partial charge in [-0.1, -0.05) is 18.5 Å². The molecule has 0 aliphatic carbocycles. The summed E-state index contributed by atoms with van der Waals surface area (Å²) in [6.45, 7) is 8.85. The maximum atomic E-state index is 11.9. The van der Waals surface area contributed by atoms with E-state index in [2.05, 4.69) is 25.6 Å². The number of rotatable bonds is 7. The molecule has 1 aromatic heterocycles. The van der Waals surface area contributed by atoms with Gasteiger partial charge in [-0.2, -0.15) is 0 Å². The molecule has 0 radical (unpaired) electrons. The van der Waals surface area contributed by atoms with E-state index in [1.807, 2.05) is 19.9 Å². The summed E-state index contributed by atoms with van der Waals surface area (Å²) in [4.78, 5) is 27.8. The number of carbonyl (C=O) groups is 2. The third-order valence-electron chi connectivity index (χ3n) is 3.96. The highest BCUT2D eigenvalue weighted by molar-refractivity contribution is 5.95. The average Bonchev–Trinajstić information content (AvgIpc) is 2.94. The van der Waals surface area contributed by atoms with Gasteiger partial charge >= 0.3 is 6.03 Å². The minimum atomic E-state index is -0.409. The first-order valence-electron chi connectivity index (χ1n) is 8.51. The van der Waals surface area contributed by atoms with Gasteiger partial charge in [0.25, 0.3) is 0 Å². The van der Waals surface area contributed by atoms with E-state index in [-0.39, 0.29) is 12.5 Å². The second kappa shape index (κ2) is 9.39. The van der Waals surface area contributed by atoms with Crippen molar-refractivity contribution in [3.8, 4) is 0 Å². The quantitative estimate of drug-likeness (QED) is 0.713. The van der Waals surface area contributed by atoms with Gasteiger partial charge in [0.15, 0.2) is 0 Å². The number of carbonyl (C=O) groups excluding carboxylic acids is 2. The third kappa shape index (κ3) is 6.29. The standard InChI is InChI=1S/C16H27N5O3/c1-3-4-5-17-16(23)18-15(22)12-21-8-6-20(7-9-21)11-14-10-13(2)24-19-14/h10H,3-9,11-12H2,1-2H3,(H2,17,18,22,23). The Hall–Kier alpha value is -1.93. The van der Waals surface area contributed by atoms with Gasteiger partial charge in [0.1, 0.15) is 5.76 Å². The molecule has 1 aromatic rings. The van der Waals surface area contributed by atoms with Crippen LogP contribution in [0, 0.1) is 6.92 Å². The molecule has 0 saturated carbocycles. The Morgan fingerprint density at radius 2 is 1.96 bits per heavy atom. The van der Waals surface area contributed by atoms with Crippen LogP contribution < -0.4 is 10.6 Å². The molecule has 2 rings (SSSR count). The number of nitrogens with one attached hydrogen (secondary N) is 2. The maximum absolute atomic E-state index is 11.9. The molecule has 0 unspecified atom stereocenters. The maximum Gasteiger partial charge on any atom is 0.321 e. The van der Waals surface area contributed by atoms with Gasteiger partial charge in [0.05, 0.1) is 12.2 Å². The van der Waals surface area contributed by atoms with Crippen molar-refractivity contribution in [3.05, 3.63) is 17.5 Å². The molecule has 2 heterocycles. The summed E-state index contributed by atoms with van der Waals surface area (Å²) in [6.07, 6.45) is 1.92. The molecule has 1 saturated heterocycles. The minimum absolute atomic E-state index is 0.248. The Balaban J connectivity index is 1.63. The number of amides is 3. The van der Waals surface area contributed by atoms with E-state index in [9.17, 15) is 9.59 Å². The molecular weight excluding hydrogens is 310 g/mol. The van der Waals surface area contributed by atoms with E-state index in [1.165, 1.54) is 0 Å². The largest absolute Gasteiger partial charge is 0.361 e. The topological polar surface area (TPSA) is 90.7 Å². The smallest absolute Gasteiger partial charge is 0.321 e. The third-order valence-corrected chi connectivity index (χ3v) is 3.96. The van der Waals surface area contributed by atoms with Crippen molar-refractivity contribution >= 4 is 11.9 Å². The zero-order valence-electron chi connectivity index (χ0n) is 14.5. The van der Waals surface area contributed by atoms with Gasteiger partial charge in [0, 0.05) is 45.3 Å². The zero-order valence-corrected chi connectivity index (χ0v) is 14.5. The summed E-state index contributed by atoms with van der Waals surface area (Å²) in [7, 11) is 0. The first-order valence-corrected chi connectivity index (χ1v) is 8.51. The SMILES string of the molecule is CCCCNC(=O)NC(=O)CN1CCN(Cc2cc(C)on2)CC1. The first kappa shape index (κ1) is 18.4. The number of aromatic nitrogens is 1. The average molecular weight is 337 g/mol. The molecule has 0 aromatic carbocycles. The number of nitrogens with zero attached hydrogens (tertiary/aromatic N) is 3. The molecule has 24 heavy (non-hydrogen) atoms.